The average molecular weight is 233 g/mol. The number of carbonyl (C=O) groups excluding carboxylic acids is 1. The number of hydrogen-bond donors (Lipinski definition) is 1. The molecule has 1 amide bonds. The Balaban J connectivity index is 2.67. The number of nitrogens with one attached hydrogen (secondary N) is 1. The Hall–Kier alpha value is -1.31. The molecule has 0 aromatic heterocycles. The van der Waals surface area contributed by atoms with E-state index >= 15 is 0 Å². The number of aryl methyl sites for hydroxylation is 2. The Kier molecular flexibility index (Phi) is 4.33. The fourth-order valence-electron chi connectivity index (χ4n) is 1.66. The number of hydrogen-bond acceptors (Lipinski definition) is 1. The third-order valence-electron chi connectivity index (χ3n) is 2.93. The van der Waals surface area contributed by atoms with Gasteiger partial charge in [0, 0.05) is 12.0 Å². The molecular formula is C15H23NO. The summed E-state index contributed by atoms with van der Waals surface area (Å²) in [6, 6.07) is 6.38. The van der Waals surface area contributed by atoms with Crippen LogP contribution in [-0.2, 0) is 17.8 Å². The summed E-state index contributed by atoms with van der Waals surface area (Å²) < 4.78 is 0. The van der Waals surface area contributed by atoms with E-state index in [1.54, 1.807) is 0 Å². The highest BCUT2D eigenvalue weighted by atomic mass is 16.2. The lowest BCUT2D eigenvalue weighted by atomic mass is 9.95. The molecule has 0 unspecified atom stereocenters. The molecule has 2 nitrogen and oxygen atoms in total. The maximum Gasteiger partial charge on any atom is 0.225 e. The lowest BCUT2D eigenvalue weighted by molar-refractivity contribution is -0.128. The van der Waals surface area contributed by atoms with Gasteiger partial charge in [-0.3, -0.25) is 4.79 Å². The smallest absolute Gasteiger partial charge is 0.225 e. The van der Waals surface area contributed by atoms with Crippen molar-refractivity contribution in [1.82, 2.24) is 5.32 Å². The molecule has 0 radical (unpaired) electrons. The highest BCUT2D eigenvalue weighted by Gasteiger charge is 2.20. The first-order valence-electron chi connectivity index (χ1n) is 6.21. The summed E-state index contributed by atoms with van der Waals surface area (Å²) in [5, 5.41) is 2.97. The zero-order chi connectivity index (χ0) is 13.1. The van der Waals surface area contributed by atoms with E-state index in [2.05, 4.69) is 37.4 Å². The molecule has 0 saturated carbocycles. The molecule has 0 aliphatic rings. The first-order valence-corrected chi connectivity index (χ1v) is 6.21. The second kappa shape index (κ2) is 5.35. The van der Waals surface area contributed by atoms with Crippen molar-refractivity contribution >= 4 is 5.91 Å². The topological polar surface area (TPSA) is 29.1 Å². The molecule has 2 heteroatoms. The molecular weight excluding hydrogens is 210 g/mol. The standard InChI is InChI=1S/C15H23NO/c1-6-13-9-12(8-7-11(13)2)10-16-14(17)15(3,4)5/h7-9H,6,10H2,1-5H3,(H,16,17). The van der Waals surface area contributed by atoms with Gasteiger partial charge in [0.15, 0.2) is 0 Å². The third kappa shape index (κ3) is 3.88. The van der Waals surface area contributed by atoms with Crippen molar-refractivity contribution < 1.29 is 4.79 Å². The van der Waals surface area contributed by atoms with Crippen molar-refractivity contribution in [2.24, 2.45) is 5.41 Å². The predicted molar refractivity (Wildman–Crippen MR) is 71.9 cm³/mol. The van der Waals surface area contributed by atoms with Crippen molar-refractivity contribution in [2.45, 2.75) is 47.6 Å². The SMILES string of the molecule is CCc1cc(CNC(=O)C(C)(C)C)ccc1C. The van der Waals surface area contributed by atoms with Gasteiger partial charge in [-0.25, -0.2) is 0 Å². The van der Waals surface area contributed by atoms with Crippen LogP contribution in [0.2, 0.25) is 0 Å². The normalized spacial score (nSPS) is 11.4. The Bertz CT molecular complexity index is 402. The van der Waals surface area contributed by atoms with E-state index in [4.69, 9.17) is 0 Å². The summed E-state index contributed by atoms with van der Waals surface area (Å²) in [6.45, 7) is 10.7. The van der Waals surface area contributed by atoms with Crippen LogP contribution >= 0.6 is 0 Å². The number of carbonyl (C=O) groups is 1. The van der Waals surface area contributed by atoms with Gasteiger partial charge in [-0.1, -0.05) is 45.9 Å². The Morgan fingerprint density at radius 1 is 1.29 bits per heavy atom. The summed E-state index contributed by atoms with van der Waals surface area (Å²) >= 11 is 0. The van der Waals surface area contributed by atoms with Crippen LogP contribution in [0.25, 0.3) is 0 Å². The lowest BCUT2D eigenvalue weighted by Gasteiger charge is -2.18. The van der Waals surface area contributed by atoms with E-state index in [1.165, 1.54) is 16.7 Å². The molecule has 1 rings (SSSR count). The van der Waals surface area contributed by atoms with Gasteiger partial charge >= 0.3 is 0 Å². The van der Waals surface area contributed by atoms with Crippen LogP contribution in [0.5, 0.6) is 0 Å². The van der Waals surface area contributed by atoms with Crippen LogP contribution < -0.4 is 5.32 Å². The Labute approximate surface area is 104 Å². The van der Waals surface area contributed by atoms with E-state index in [-0.39, 0.29) is 11.3 Å². The van der Waals surface area contributed by atoms with E-state index in [9.17, 15) is 4.79 Å². The van der Waals surface area contributed by atoms with Gasteiger partial charge in [0.25, 0.3) is 0 Å². The van der Waals surface area contributed by atoms with Gasteiger partial charge in [-0.05, 0) is 30.0 Å². The Morgan fingerprint density at radius 2 is 1.94 bits per heavy atom. The molecule has 0 spiro atoms. The van der Waals surface area contributed by atoms with Gasteiger partial charge < -0.3 is 5.32 Å². The third-order valence-corrected chi connectivity index (χ3v) is 2.93. The van der Waals surface area contributed by atoms with Crippen LogP contribution in [0.4, 0.5) is 0 Å². The summed E-state index contributed by atoms with van der Waals surface area (Å²) in [6.07, 6.45) is 1.03. The number of rotatable bonds is 3. The van der Waals surface area contributed by atoms with Crippen LogP contribution in [0.1, 0.15) is 44.4 Å². The maximum atomic E-state index is 11.7. The monoisotopic (exact) mass is 233 g/mol. The highest BCUT2D eigenvalue weighted by Crippen LogP contribution is 2.14. The molecule has 0 fully saturated rings. The van der Waals surface area contributed by atoms with Crippen LogP contribution in [0.15, 0.2) is 18.2 Å². The molecule has 1 aromatic carbocycles. The van der Waals surface area contributed by atoms with Crippen molar-refractivity contribution in [1.29, 1.82) is 0 Å². The van der Waals surface area contributed by atoms with E-state index < -0.39 is 0 Å². The molecule has 1 N–H and O–H groups in total. The number of benzene rings is 1. The van der Waals surface area contributed by atoms with Crippen LogP contribution in [0.3, 0.4) is 0 Å². The fourth-order valence-corrected chi connectivity index (χ4v) is 1.66. The number of amides is 1. The van der Waals surface area contributed by atoms with Crippen molar-refractivity contribution in [3.05, 3.63) is 34.9 Å². The molecule has 0 aliphatic carbocycles. The van der Waals surface area contributed by atoms with Gasteiger partial charge in [-0.2, -0.15) is 0 Å². The molecule has 0 bridgehead atoms. The molecule has 0 heterocycles. The molecule has 0 aliphatic heterocycles. The van der Waals surface area contributed by atoms with Gasteiger partial charge in [-0.15, -0.1) is 0 Å². The van der Waals surface area contributed by atoms with Gasteiger partial charge in [0.05, 0.1) is 0 Å². The van der Waals surface area contributed by atoms with Crippen molar-refractivity contribution in [2.75, 3.05) is 0 Å². The van der Waals surface area contributed by atoms with Gasteiger partial charge in [0.2, 0.25) is 5.91 Å². The minimum absolute atomic E-state index is 0.0936. The van der Waals surface area contributed by atoms with E-state index in [1.807, 2.05) is 20.8 Å². The maximum absolute atomic E-state index is 11.7. The van der Waals surface area contributed by atoms with E-state index in [0.29, 0.717) is 6.54 Å². The largest absolute Gasteiger partial charge is 0.352 e. The zero-order valence-electron chi connectivity index (χ0n) is 11.6. The average Bonchev–Trinajstić information content (AvgIpc) is 2.26. The summed E-state index contributed by atoms with van der Waals surface area (Å²) in [5.74, 6) is 0.0936. The highest BCUT2D eigenvalue weighted by molar-refractivity contribution is 5.81. The fraction of sp³-hybridized carbons (Fsp3) is 0.533. The van der Waals surface area contributed by atoms with Crippen molar-refractivity contribution in [3.63, 3.8) is 0 Å². The summed E-state index contributed by atoms with van der Waals surface area (Å²) in [4.78, 5) is 11.7. The second-order valence-corrected chi connectivity index (χ2v) is 5.55. The van der Waals surface area contributed by atoms with E-state index in [0.717, 1.165) is 6.42 Å². The summed E-state index contributed by atoms with van der Waals surface area (Å²) in [7, 11) is 0. The second-order valence-electron chi connectivity index (χ2n) is 5.55. The quantitative estimate of drug-likeness (QED) is 0.853. The molecule has 0 atom stereocenters. The molecule has 1 aromatic rings. The molecule has 94 valence electrons. The first kappa shape index (κ1) is 13.8. The zero-order valence-corrected chi connectivity index (χ0v) is 11.6. The minimum atomic E-state index is -0.321. The minimum Gasteiger partial charge on any atom is -0.352 e. The van der Waals surface area contributed by atoms with Crippen molar-refractivity contribution in [3.8, 4) is 0 Å². The lowest BCUT2D eigenvalue weighted by Crippen LogP contribution is -2.34. The predicted octanol–water partition coefficient (Wildman–Crippen LogP) is 3.22. The molecule has 17 heavy (non-hydrogen) atoms. The molecule has 0 saturated heterocycles. The van der Waals surface area contributed by atoms with Gasteiger partial charge in [0.1, 0.15) is 0 Å². The van der Waals surface area contributed by atoms with Crippen LogP contribution in [-0.4, -0.2) is 5.91 Å². The Morgan fingerprint density at radius 3 is 2.47 bits per heavy atom. The van der Waals surface area contributed by atoms with Crippen LogP contribution in [0, 0.1) is 12.3 Å². The summed E-state index contributed by atoms with van der Waals surface area (Å²) in [5.41, 5.74) is 3.52. The first-order chi connectivity index (χ1) is 7.84.